The van der Waals surface area contributed by atoms with Crippen molar-refractivity contribution in [2.24, 2.45) is 0 Å². The number of aromatic nitrogens is 3. The first-order valence-corrected chi connectivity index (χ1v) is 5.04. The summed E-state index contributed by atoms with van der Waals surface area (Å²) in [6, 6.07) is 6.62. The summed E-state index contributed by atoms with van der Waals surface area (Å²) in [4.78, 5) is 0. The summed E-state index contributed by atoms with van der Waals surface area (Å²) in [5, 5.41) is 8.39. The molecule has 1 aromatic carbocycles. The van der Waals surface area contributed by atoms with Crippen LogP contribution in [0.2, 0.25) is 0 Å². The highest BCUT2D eigenvalue weighted by molar-refractivity contribution is 5.77. The highest BCUT2D eigenvalue weighted by atomic mass is 15.4. The molecule has 0 aliphatic heterocycles. The highest BCUT2D eigenvalue weighted by Gasteiger charge is 2.09. The zero-order valence-electron chi connectivity index (χ0n) is 8.86. The number of hydrogen-bond donors (Lipinski definition) is 0. The molecule has 2 rings (SSSR count). The largest absolute Gasteiger partial charge is 0.242 e. The third-order valence-electron chi connectivity index (χ3n) is 2.71. The van der Waals surface area contributed by atoms with Crippen LogP contribution in [0.1, 0.15) is 31.9 Å². The molecule has 0 saturated carbocycles. The molecule has 0 radical (unpaired) electrons. The summed E-state index contributed by atoms with van der Waals surface area (Å²) >= 11 is 0. The Morgan fingerprint density at radius 1 is 1.43 bits per heavy atom. The first-order valence-electron chi connectivity index (χ1n) is 5.04. The summed E-state index contributed by atoms with van der Waals surface area (Å²) in [5.41, 5.74) is 3.35. The number of hydrogen-bond acceptors (Lipinski definition) is 2. The molecule has 14 heavy (non-hydrogen) atoms. The van der Waals surface area contributed by atoms with E-state index in [0.29, 0.717) is 6.04 Å². The lowest BCUT2D eigenvalue weighted by Crippen LogP contribution is -2.05. The van der Waals surface area contributed by atoms with Crippen LogP contribution in [0.25, 0.3) is 11.0 Å². The van der Waals surface area contributed by atoms with E-state index in [1.165, 1.54) is 5.56 Å². The van der Waals surface area contributed by atoms with Gasteiger partial charge < -0.3 is 0 Å². The van der Waals surface area contributed by atoms with Crippen LogP contribution in [0.5, 0.6) is 0 Å². The van der Waals surface area contributed by atoms with E-state index in [0.717, 1.165) is 17.5 Å². The van der Waals surface area contributed by atoms with E-state index < -0.39 is 0 Å². The van der Waals surface area contributed by atoms with E-state index in [1.54, 1.807) is 0 Å². The number of benzene rings is 1. The number of rotatable bonds is 2. The van der Waals surface area contributed by atoms with Crippen molar-refractivity contribution in [2.75, 3.05) is 0 Å². The Kier molecular flexibility index (Phi) is 2.23. The maximum absolute atomic E-state index is 4.20. The average molecular weight is 189 g/mol. The molecule has 1 heterocycles. The predicted octanol–water partition coefficient (Wildman–Crippen LogP) is 2.71. The quantitative estimate of drug-likeness (QED) is 0.727. The fourth-order valence-corrected chi connectivity index (χ4v) is 1.60. The molecule has 0 aliphatic rings. The minimum atomic E-state index is 0.418. The van der Waals surface area contributed by atoms with E-state index in [-0.39, 0.29) is 0 Å². The van der Waals surface area contributed by atoms with Crippen molar-refractivity contribution in [3.63, 3.8) is 0 Å². The van der Waals surface area contributed by atoms with Crippen molar-refractivity contribution in [3.05, 3.63) is 23.8 Å². The molecule has 3 nitrogen and oxygen atoms in total. The Hall–Kier alpha value is -1.38. The Morgan fingerprint density at radius 3 is 2.93 bits per heavy atom. The minimum Gasteiger partial charge on any atom is -0.242 e. The van der Waals surface area contributed by atoms with Gasteiger partial charge in [0.05, 0.1) is 11.6 Å². The zero-order valence-corrected chi connectivity index (χ0v) is 8.86. The number of aryl methyl sites for hydroxylation is 1. The van der Waals surface area contributed by atoms with Crippen LogP contribution >= 0.6 is 0 Å². The average Bonchev–Trinajstić information content (AvgIpc) is 2.62. The molecule has 1 unspecified atom stereocenters. The van der Waals surface area contributed by atoms with Gasteiger partial charge in [-0.05, 0) is 31.9 Å². The van der Waals surface area contributed by atoms with Gasteiger partial charge in [-0.15, -0.1) is 5.10 Å². The van der Waals surface area contributed by atoms with E-state index in [9.17, 15) is 0 Å². The third kappa shape index (κ3) is 1.29. The standard InChI is InChI=1S/C11H15N3/c1-4-9(3)14-10-7-5-6-8(2)11(10)12-13-14/h5-7,9H,4H2,1-3H3. The molecule has 1 aromatic heterocycles. The summed E-state index contributed by atoms with van der Waals surface area (Å²) < 4.78 is 2.00. The molecule has 0 bridgehead atoms. The van der Waals surface area contributed by atoms with Gasteiger partial charge in [0.1, 0.15) is 5.52 Å². The Bertz CT molecular complexity index is 445. The van der Waals surface area contributed by atoms with Crippen LogP contribution in [0.4, 0.5) is 0 Å². The second kappa shape index (κ2) is 3.40. The van der Waals surface area contributed by atoms with Crippen LogP contribution < -0.4 is 0 Å². The molecule has 0 aliphatic carbocycles. The van der Waals surface area contributed by atoms with Crippen LogP contribution in [0.3, 0.4) is 0 Å². The fourth-order valence-electron chi connectivity index (χ4n) is 1.60. The van der Waals surface area contributed by atoms with Crippen LogP contribution in [-0.2, 0) is 0 Å². The van der Waals surface area contributed by atoms with Gasteiger partial charge in [-0.25, -0.2) is 4.68 Å². The minimum absolute atomic E-state index is 0.418. The maximum atomic E-state index is 4.20. The highest BCUT2D eigenvalue weighted by Crippen LogP contribution is 2.19. The van der Waals surface area contributed by atoms with E-state index in [2.05, 4.69) is 49.3 Å². The van der Waals surface area contributed by atoms with Gasteiger partial charge in [-0.2, -0.15) is 0 Å². The number of nitrogens with zero attached hydrogens (tertiary/aromatic N) is 3. The second-order valence-electron chi connectivity index (χ2n) is 3.73. The van der Waals surface area contributed by atoms with Crippen LogP contribution in [0.15, 0.2) is 18.2 Å². The maximum Gasteiger partial charge on any atom is 0.116 e. The molecular formula is C11H15N3. The van der Waals surface area contributed by atoms with Crippen molar-refractivity contribution in [3.8, 4) is 0 Å². The van der Waals surface area contributed by atoms with Gasteiger partial charge in [-0.3, -0.25) is 0 Å². The Morgan fingerprint density at radius 2 is 2.21 bits per heavy atom. The van der Waals surface area contributed by atoms with Gasteiger partial charge in [0, 0.05) is 0 Å². The smallest absolute Gasteiger partial charge is 0.116 e. The van der Waals surface area contributed by atoms with E-state index in [1.807, 2.05) is 4.68 Å². The Balaban J connectivity index is 2.63. The molecule has 0 fully saturated rings. The fraction of sp³-hybridized carbons (Fsp3) is 0.455. The summed E-state index contributed by atoms with van der Waals surface area (Å²) in [7, 11) is 0. The van der Waals surface area contributed by atoms with Crippen LogP contribution in [0, 0.1) is 6.92 Å². The second-order valence-corrected chi connectivity index (χ2v) is 3.73. The van der Waals surface area contributed by atoms with Crippen molar-refractivity contribution in [2.45, 2.75) is 33.2 Å². The molecule has 3 heteroatoms. The molecule has 0 saturated heterocycles. The summed E-state index contributed by atoms with van der Waals surface area (Å²) in [5.74, 6) is 0. The van der Waals surface area contributed by atoms with Gasteiger partial charge >= 0.3 is 0 Å². The van der Waals surface area contributed by atoms with Crippen molar-refractivity contribution in [1.82, 2.24) is 15.0 Å². The van der Waals surface area contributed by atoms with Gasteiger partial charge in [0.2, 0.25) is 0 Å². The molecule has 0 spiro atoms. The number of fused-ring (bicyclic) bond motifs is 1. The lowest BCUT2D eigenvalue weighted by molar-refractivity contribution is 0.478. The molecular weight excluding hydrogens is 174 g/mol. The first-order chi connectivity index (χ1) is 6.74. The van der Waals surface area contributed by atoms with Gasteiger partial charge in [-0.1, -0.05) is 24.3 Å². The van der Waals surface area contributed by atoms with Gasteiger partial charge in [0.25, 0.3) is 0 Å². The normalized spacial score (nSPS) is 13.4. The zero-order chi connectivity index (χ0) is 10.1. The van der Waals surface area contributed by atoms with Crippen molar-refractivity contribution in [1.29, 1.82) is 0 Å². The molecule has 0 N–H and O–H groups in total. The molecule has 74 valence electrons. The van der Waals surface area contributed by atoms with E-state index in [4.69, 9.17) is 0 Å². The van der Waals surface area contributed by atoms with Crippen molar-refractivity contribution < 1.29 is 0 Å². The predicted molar refractivity (Wildman–Crippen MR) is 57.3 cm³/mol. The van der Waals surface area contributed by atoms with E-state index >= 15 is 0 Å². The lowest BCUT2D eigenvalue weighted by atomic mass is 10.2. The third-order valence-corrected chi connectivity index (χ3v) is 2.71. The summed E-state index contributed by atoms with van der Waals surface area (Å²) in [6.45, 7) is 6.39. The molecule has 1 atom stereocenters. The molecule has 0 amide bonds. The summed E-state index contributed by atoms with van der Waals surface area (Å²) in [6.07, 6.45) is 1.08. The first kappa shape index (κ1) is 9.19. The molecule has 2 aromatic rings. The monoisotopic (exact) mass is 189 g/mol. The van der Waals surface area contributed by atoms with Crippen LogP contribution in [-0.4, -0.2) is 15.0 Å². The SMILES string of the molecule is CCC(C)n1nnc2c(C)cccc21. The Labute approximate surface area is 83.7 Å². The van der Waals surface area contributed by atoms with Gasteiger partial charge in [0.15, 0.2) is 0 Å². The topological polar surface area (TPSA) is 30.7 Å². The lowest BCUT2D eigenvalue weighted by Gasteiger charge is -2.08. The van der Waals surface area contributed by atoms with Crippen molar-refractivity contribution >= 4 is 11.0 Å².